The molecule has 5 heteroatoms. The maximum absolute atomic E-state index is 9.88. The molecule has 0 saturated heterocycles. The lowest BCUT2D eigenvalue weighted by Crippen LogP contribution is -2.25. The molecule has 1 aromatic carbocycles. The number of aliphatic hydroxyl groups excluding tert-OH is 1. The average Bonchev–Trinajstić information content (AvgIpc) is 2.28. The lowest BCUT2D eigenvalue weighted by Gasteiger charge is -2.14. The van der Waals surface area contributed by atoms with E-state index >= 15 is 0 Å². The highest BCUT2D eigenvalue weighted by atomic mass is 35.5. The van der Waals surface area contributed by atoms with Gasteiger partial charge in [-0.2, -0.15) is 0 Å². The number of hydrogen-bond donors (Lipinski definition) is 2. The van der Waals surface area contributed by atoms with Gasteiger partial charge in [0.25, 0.3) is 0 Å². The summed E-state index contributed by atoms with van der Waals surface area (Å²) in [5.74, 6) is 0. The van der Waals surface area contributed by atoms with E-state index in [-0.39, 0.29) is 0 Å². The average molecular weight is 264 g/mol. The molecule has 0 radical (unpaired) electrons. The summed E-state index contributed by atoms with van der Waals surface area (Å²) in [6.45, 7) is 1.71. The van der Waals surface area contributed by atoms with Crippen molar-refractivity contribution < 1.29 is 9.84 Å². The van der Waals surface area contributed by atoms with Gasteiger partial charge >= 0.3 is 0 Å². The van der Waals surface area contributed by atoms with Gasteiger partial charge in [0.05, 0.1) is 22.8 Å². The maximum Gasteiger partial charge on any atom is 0.0929 e. The van der Waals surface area contributed by atoms with E-state index < -0.39 is 6.10 Å². The topological polar surface area (TPSA) is 41.5 Å². The molecule has 3 nitrogen and oxygen atoms in total. The fourth-order valence-corrected chi connectivity index (χ4v) is 1.73. The summed E-state index contributed by atoms with van der Waals surface area (Å²) >= 11 is 11.8. The molecule has 90 valence electrons. The summed E-state index contributed by atoms with van der Waals surface area (Å²) in [6, 6.07) is 5.22. The summed E-state index contributed by atoms with van der Waals surface area (Å²) in [5, 5.41) is 13.8. The Bertz CT molecular complexity index is 334. The first-order valence-corrected chi connectivity index (χ1v) is 5.74. The zero-order valence-electron chi connectivity index (χ0n) is 9.04. The van der Waals surface area contributed by atoms with Crippen LogP contribution in [-0.4, -0.2) is 31.9 Å². The number of rotatable bonds is 6. The van der Waals surface area contributed by atoms with Gasteiger partial charge in [0.15, 0.2) is 0 Å². The van der Waals surface area contributed by atoms with Gasteiger partial charge in [0, 0.05) is 25.8 Å². The van der Waals surface area contributed by atoms with Crippen LogP contribution in [0.2, 0.25) is 10.0 Å². The van der Waals surface area contributed by atoms with Gasteiger partial charge < -0.3 is 15.2 Å². The van der Waals surface area contributed by atoms with Crippen LogP contribution >= 0.6 is 23.2 Å². The van der Waals surface area contributed by atoms with Gasteiger partial charge in [-0.05, 0) is 6.07 Å². The normalized spacial score (nSPS) is 12.8. The van der Waals surface area contributed by atoms with Crippen molar-refractivity contribution in [3.05, 3.63) is 33.8 Å². The largest absolute Gasteiger partial charge is 0.387 e. The molecule has 0 amide bonds. The number of ether oxygens (including phenoxy) is 1. The Kier molecular flexibility index (Phi) is 6.09. The second kappa shape index (κ2) is 7.09. The number of benzene rings is 1. The fourth-order valence-electron chi connectivity index (χ4n) is 1.30. The molecule has 2 N–H and O–H groups in total. The van der Waals surface area contributed by atoms with E-state index in [0.29, 0.717) is 35.3 Å². The Hall–Kier alpha value is -0.320. The van der Waals surface area contributed by atoms with Crippen molar-refractivity contribution in [1.82, 2.24) is 5.32 Å². The first-order chi connectivity index (χ1) is 7.66. The van der Waals surface area contributed by atoms with Crippen molar-refractivity contribution >= 4 is 23.2 Å². The Morgan fingerprint density at radius 2 is 2.19 bits per heavy atom. The van der Waals surface area contributed by atoms with Crippen LogP contribution in [0.3, 0.4) is 0 Å². The number of hydrogen-bond acceptors (Lipinski definition) is 3. The summed E-state index contributed by atoms with van der Waals surface area (Å²) < 4.78 is 4.88. The van der Waals surface area contributed by atoms with Gasteiger partial charge in [0.1, 0.15) is 0 Å². The molecule has 0 aromatic heterocycles. The van der Waals surface area contributed by atoms with Crippen LogP contribution in [0.15, 0.2) is 18.2 Å². The predicted octanol–water partition coefficient (Wildman–Crippen LogP) is 2.26. The highest BCUT2D eigenvalue weighted by molar-refractivity contribution is 6.42. The van der Waals surface area contributed by atoms with E-state index in [4.69, 9.17) is 27.9 Å². The number of aliphatic hydroxyl groups is 1. The van der Waals surface area contributed by atoms with Crippen molar-refractivity contribution in [2.75, 3.05) is 26.8 Å². The minimum Gasteiger partial charge on any atom is -0.387 e. The van der Waals surface area contributed by atoms with E-state index in [1.54, 1.807) is 25.3 Å². The molecule has 0 heterocycles. The summed E-state index contributed by atoms with van der Waals surface area (Å²) in [4.78, 5) is 0. The quantitative estimate of drug-likeness (QED) is 0.774. The minimum atomic E-state index is -0.664. The molecule has 1 rings (SSSR count). The number of halogens is 2. The molecular weight excluding hydrogens is 249 g/mol. The first-order valence-electron chi connectivity index (χ1n) is 4.98. The summed E-state index contributed by atoms with van der Waals surface area (Å²) in [5.41, 5.74) is 0.638. The molecule has 0 spiro atoms. The van der Waals surface area contributed by atoms with Crippen LogP contribution < -0.4 is 5.32 Å². The second-order valence-electron chi connectivity index (χ2n) is 3.36. The monoisotopic (exact) mass is 263 g/mol. The Morgan fingerprint density at radius 1 is 1.44 bits per heavy atom. The minimum absolute atomic E-state index is 0.408. The second-order valence-corrected chi connectivity index (χ2v) is 4.14. The highest BCUT2D eigenvalue weighted by Gasteiger charge is 2.12. The van der Waals surface area contributed by atoms with E-state index in [2.05, 4.69) is 5.32 Å². The van der Waals surface area contributed by atoms with Crippen LogP contribution in [0, 0.1) is 0 Å². The standard InChI is InChI=1S/C11H15Cl2NO2/c1-16-6-5-14-7-10(15)8-3-2-4-9(12)11(8)13/h2-4,10,14-15H,5-7H2,1H3. The maximum atomic E-state index is 9.88. The SMILES string of the molecule is COCCNCC(O)c1cccc(Cl)c1Cl. The molecule has 0 aliphatic heterocycles. The third-order valence-electron chi connectivity index (χ3n) is 2.16. The van der Waals surface area contributed by atoms with E-state index in [1.165, 1.54) is 0 Å². The van der Waals surface area contributed by atoms with Gasteiger partial charge in [0.2, 0.25) is 0 Å². The van der Waals surface area contributed by atoms with Crippen molar-refractivity contribution in [2.45, 2.75) is 6.10 Å². The van der Waals surface area contributed by atoms with Crippen LogP contribution in [0.5, 0.6) is 0 Å². The number of nitrogens with one attached hydrogen (secondary N) is 1. The number of methoxy groups -OCH3 is 1. The lowest BCUT2D eigenvalue weighted by atomic mass is 10.1. The van der Waals surface area contributed by atoms with Crippen molar-refractivity contribution in [1.29, 1.82) is 0 Å². The summed E-state index contributed by atoms with van der Waals surface area (Å²) in [7, 11) is 1.63. The molecule has 0 aliphatic carbocycles. The predicted molar refractivity (Wildman–Crippen MR) is 66.2 cm³/mol. The van der Waals surface area contributed by atoms with Gasteiger partial charge in [-0.25, -0.2) is 0 Å². The molecule has 0 aliphatic rings. The van der Waals surface area contributed by atoms with Gasteiger partial charge in [-0.3, -0.25) is 0 Å². The first kappa shape index (κ1) is 13.7. The highest BCUT2D eigenvalue weighted by Crippen LogP contribution is 2.29. The Balaban J connectivity index is 2.52. The summed E-state index contributed by atoms with van der Waals surface area (Å²) in [6.07, 6.45) is -0.664. The zero-order chi connectivity index (χ0) is 12.0. The molecule has 0 saturated carbocycles. The zero-order valence-corrected chi connectivity index (χ0v) is 10.6. The van der Waals surface area contributed by atoms with Crippen LogP contribution in [0.1, 0.15) is 11.7 Å². The van der Waals surface area contributed by atoms with E-state index in [1.807, 2.05) is 0 Å². The molecule has 0 fully saturated rings. The van der Waals surface area contributed by atoms with Crippen LogP contribution in [0.25, 0.3) is 0 Å². The van der Waals surface area contributed by atoms with Crippen LogP contribution in [0.4, 0.5) is 0 Å². The third kappa shape index (κ3) is 3.92. The Labute approximate surface area is 105 Å². The fraction of sp³-hybridized carbons (Fsp3) is 0.455. The molecular formula is C11H15Cl2NO2. The molecule has 0 bridgehead atoms. The van der Waals surface area contributed by atoms with E-state index in [9.17, 15) is 5.11 Å². The van der Waals surface area contributed by atoms with Crippen molar-refractivity contribution in [3.8, 4) is 0 Å². The van der Waals surface area contributed by atoms with Gasteiger partial charge in [-0.1, -0.05) is 35.3 Å². The molecule has 1 unspecified atom stereocenters. The molecule has 1 aromatic rings. The van der Waals surface area contributed by atoms with Crippen molar-refractivity contribution in [2.24, 2.45) is 0 Å². The van der Waals surface area contributed by atoms with Crippen molar-refractivity contribution in [3.63, 3.8) is 0 Å². The third-order valence-corrected chi connectivity index (χ3v) is 2.99. The molecule has 1 atom stereocenters. The van der Waals surface area contributed by atoms with Gasteiger partial charge in [-0.15, -0.1) is 0 Å². The smallest absolute Gasteiger partial charge is 0.0929 e. The molecule has 16 heavy (non-hydrogen) atoms. The lowest BCUT2D eigenvalue weighted by molar-refractivity contribution is 0.161. The Morgan fingerprint density at radius 3 is 2.88 bits per heavy atom. The van der Waals surface area contributed by atoms with E-state index in [0.717, 1.165) is 0 Å². The van der Waals surface area contributed by atoms with Crippen LogP contribution in [-0.2, 0) is 4.74 Å².